The van der Waals surface area contributed by atoms with Gasteiger partial charge in [-0.2, -0.15) is 0 Å². The second-order valence-electron chi connectivity index (χ2n) is 6.79. The van der Waals surface area contributed by atoms with Gasteiger partial charge in [0.1, 0.15) is 0 Å². The summed E-state index contributed by atoms with van der Waals surface area (Å²) in [6, 6.07) is 2.28. The van der Waals surface area contributed by atoms with Gasteiger partial charge in [0.2, 0.25) is 0 Å². The lowest BCUT2D eigenvalue weighted by Crippen LogP contribution is -2.26. The SMILES string of the molecule is CCCCCCC(C)(CCCCC)c1c(C)ccn1C. The Labute approximate surface area is 126 Å². The molecule has 1 nitrogen and oxygen atoms in total. The lowest BCUT2D eigenvalue weighted by Gasteiger charge is -2.32. The van der Waals surface area contributed by atoms with Gasteiger partial charge in [0.25, 0.3) is 0 Å². The lowest BCUT2D eigenvalue weighted by molar-refractivity contribution is 0.347. The largest absolute Gasteiger partial charge is 0.354 e. The first-order valence-electron chi connectivity index (χ1n) is 8.67. The first kappa shape index (κ1) is 17.3. The molecule has 1 heteroatoms. The van der Waals surface area contributed by atoms with Gasteiger partial charge in [-0.05, 0) is 31.4 Å². The molecule has 1 heterocycles. The monoisotopic (exact) mass is 277 g/mol. The van der Waals surface area contributed by atoms with Gasteiger partial charge in [-0.3, -0.25) is 0 Å². The van der Waals surface area contributed by atoms with Crippen LogP contribution in [0.4, 0.5) is 0 Å². The van der Waals surface area contributed by atoms with Crippen molar-refractivity contribution >= 4 is 0 Å². The zero-order valence-electron chi connectivity index (χ0n) is 14.5. The molecule has 0 aliphatic carbocycles. The van der Waals surface area contributed by atoms with Crippen LogP contribution < -0.4 is 0 Å². The van der Waals surface area contributed by atoms with E-state index in [2.05, 4.69) is 51.6 Å². The number of nitrogens with zero attached hydrogens (tertiary/aromatic N) is 1. The first-order chi connectivity index (χ1) is 9.55. The van der Waals surface area contributed by atoms with E-state index in [0.29, 0.717) is 5.41 Å². The molecule has 0 saturated carbocycles. The third-order valence-electron chi connectivity index (χ3n) is 4.76. The maximum atomic E-state index is 2.50. The number of hydrogen-bond donors (Lipinski definition) is 0. The molecule has 1 unspecified atom stereocenters. The van der Waals surface area contributed by atoms with E-state index >= 15 is 0 Å². The average molecular weight is 277 g/mol. The molecule has 1 rings (SSSR count). The van der Waals surface area contributed by atoms with Gasteiger partial charge in [-0.1, -0.05) is 65.7 Å². The number of aryl methyl sites for hydroxylation is 2. The van der Waals surface area contributed by atoms with Gasteiger partial charge in [-0.25, -0.2) is 0 Å². The van der Waals surface area contributed by atoms with E-state index in [4.69, 9.17) is 0 Å². The van der Waals surface area contributed by atoms with Gasteiger partial charge in [0.15, 0.2) is 0 Å². The normalized spacial score (nSPS) is 14.4. The van der Waals surface area contributed by atoms with Crippen LogP contribution in [0.5, 0.6) is 0 Å². The lowest BCUT2D eigenvalue weighted by atomic mass is 9.75. The fraction of sp³-hybridized carbons (Fsp3) is 0.789. The maximum Gasteiger partial charge on any atom is 0.0260 e. The summed E-state index contributed by atoms with van der Waals surface area (Å²) >= 11 is 0. The van der Waals surface area contributed by atoms with Crippen molar-refractivity contribution in [1.29, 1.82) is 0 Å². The van der Waals surface area contributed by atoms with Crippen LogP contribution in [-0.4, -0.2) is 4.57 Å². The summed E-state index contributed by atoms with van der Waals surface area (Å²) in [5.41, 5.74) is 3.41. The van der Waals surface area contributed by atoms with Crippen molar-refractivity contribution in [3.63, 3.8) is 0 Å². The van der Waals surface area contributed by atoms with Gasteiger partial charge >= 0.3 is 0 Å². The van der Waals surface area contributed by atoms with Gasteiger partial charge in [0.05, 0.1) is 0 Å². The fourth-order valence-corrected chi connectivity index (χ4v) is 3.63. The van der Waals surface area contributed by atoms with E-state index in [1.807, 2.05) is 0 Å². The summed E-state index contributed by atoms with van der Waals surface area (Å²) in [5.74, 6) is 0. The van der Waals surface area contributed by atoms with Crippen molar-refractivity contribution in [3.8, 4) is 0 Å². The summed E-state index contributed by atoms with van der Waals surface area (Å²) in [4.78, 5) is 0. The van der Waals surface area contributed by atoms with Crippen molar-refractivity contribution in [3.05, 3.63) is 23.5 Å². The highest BCUT2D eigenvalue weighted by Gasteiger charge is 2.29. The first-order valence-corrected chi connectivity index (χ1v) is 8.67. The molecule has 20 heavy (non-hydrogen) atoms. The van der Waals surface area contributed by atoms with E-state index in [1.54, 1.807) is 5.69 Å². The maximum absolute atomic E-state index is 2.50. The van der Waals surface area contributed by atoms with Crippen molar-refractivity contribution in [1.82, 2.24) is 4.57 Å². The standard InChI is InChI=1S/C19H35N/c1-6-8-10-12-15-19(4,14-11-9-7-2)18-17(3)13-16-20(18)5/h13,16H,6-12,14-15H2,1-5H3. The minimum Gasteiger partial charge on any atom is -0.354 e. The third-order valence-corrected chi connectivity index (χ3v) is 4.76. The molecule has 0 bridgehead atoms. The highest BCUT2D eigenvalue weighted by Crippen LogP contribution is 2.37. The number of hydrogen-bond acceptors (Lipinski definition) is 0. The van der Waals surface area contributed by atoms with E-state index in [9.17, 15) is 0 Å². The summed E-state index contributed by atoms with van der Waals surface area (Å²) < 4.78 is 2.36. The quantitative estimate of drug-likeness (QED) is 0.452. The molecule has 0 amide bonds. The Morgan fingerprint density at radius 2 is 1.50 bits per heavy atom. The van der Waals surface area contributed by atoms with Crippen LogP contribution in [0.1, 0.15) is 89.8 Å². The Morgan fingerprint density at radius 3 is 2.00 bits per heavy atom. The molecule has 0 aliphatic heterocycles. The van der Waals surface area contributed by atoms with E-state index in [-0.39, 0.29) is 0 Å². The fourth-order valence-electron chi connectivity index (χ4n) is 3.63. The predicted molar refractivity (Wildman–Crippen MR) is 90.4 cm³/mol. The summed E-state index contributed by atoms with van der Waals surface area (Å²) in [6.45, 7) is 9.37. The molecule has 0 radical (unpaired) electrons. The second kappa shape index (κ2) is 8.54. The molecule has 0 saturated heterocycles. The molecule has 0 aliphatic rings. The minimum atomic E-state index is 0.366. The summed E-state index contributed by atoms with van der Waals surface area (Å²) in [6.07, 6.45) is 14.4. The van der Waals surface area contributed by atoms with Gasteiger partial charge in [-0.15, -0.1) is 0 Å². The topological polar surface area (TPSA) is 4.93 Å². The Kier molecular flexibility index (Phi) is 7.40. The molecule has 0 aromatic carbocycles. The van der Waals surface area contributed by atoms with Crippen molar-refractivity contribution in [2.24, 2.45) is 7.05 Å². The Morgan fingerprint density at radius 1 is 0.950 bits per heavy atom. The van der Waals surface area contributed by atoms with Crippen LogP contribution in [0.2, 0.25) is 0 Å². The minimum absolute atomic E-state index is 0.366. The molecule has 0 N–H and O–H groups in total. The molecule has 0 fully saturated rings. The second-order valence-corrected chi connectivity index (χ2v) is 6.79. The van der Waals surface area contributed by atoms with Gasteiger partial charge in [0, 0.05) is 24.4 Å². The molecule has 1 atom stereocenters. The molecular weight excluding hydrogens is 242 g/mol. The number of unbranched alkanes of at least 4 members (excludes halogenated alkanes) is 5. The molecule has 1 aromatic rings. The van der Waals surface area contributed by atoms with E-state index < -0.39 is 0 Å². The van der Waals surface area contributed by atoms with Crippen LogP contribution in [0.25, 0.3) is 0 Å². The highest BCUT2D eigenvalue weighted by molar-refractivity contribution is 5.28. The summed E-state index contributed by atoms with van der Waals surface area (Å²) in [5, 5.41) is 0. The molecule has 0 spiro atoms. The van der Waals surface area contributed by atoms with Crippen molar-refractivity contribution < 1.29 is 0 Å². The van der Waals surface area contributed by atoms with Crippen LogP contribution in [-0.2, 0) is 12.5 Å². The molecule has 116 valence electrons. The van der Waals surface area contributed by atoms with E-state index in [0.717, 1.165) is 0 Å². The highest BCUT2D eigenvalue weighted by atomic mass is 14.9. The third kappa shape index (κ3) is 4.68. The molecular formula is C19H35N. The van der Waals surface area contributed by atoms with Crippen molar-refractivity contribution in [2.75, 3.05) is 0 Å². The Balaban J connectivity index is 2.77. The van der Waals surface area contributed by atoms with Gasteiger partial charge < -0.3 is 4.57 Å². The van der Waals surface area contributed by atoms with Crippen LogP contribution >= 0.6 is 0 Å². The number of rotatable bonds is 10. The predicted octanol–water partition coefficient (Wildman–Crippen LogP) is 6.14. The van der Waals surface area contributed by atoms with Crippen LogP contribution in [0.3, 0.4) is 0 Å². The van der Waals surface area contributed by atoms with Crippen LogP contribution in [0.15, 0.2) is 12.3 Å². The average Bonchev–Trinajstić information content (AvgIpc) is 2.75. The van der Waals surface area contributed by atoms with Crippen LogP contribution in [0, 0.1) is 6.92 Å². The Bertz CT molecular complexity index is 358. The zero-order chi connectivity index (χ0) is 15.0. The number of aromatic nitrogens is 1. The Hall–Kier alpha value is -0.720. The van der Waals surface area contributed by atoms with E-state index in [1.165, 1.54) is 63.4 Å². The molecule has 1 aromatic heterocycles. The smallest absolute Gasteiger partial charge is 0.0260 e. The van der Waals surface area contributed by atoms with Crippen molar-refractivity contribution in [2.45, 2.75) is 90.9 Å². The summed E-state index contributed by atoms with van der Waals surface area (Å²) in [7, 11) is 2.21. The zero-order valence-corrected chi connectivity index (χ0v) is 14.5.